The molecule has 21 heavy (non-hydrogen) atoms. The molecule has 1 aromatic rings. The number of aryl methyl sites for hydroxylation is 1. The number of nitrogens with zero attached hydrogens (tertiary/aromatic N) is 1. The van der Waals surface area contributed by atoms with Gasteiger partial charge in [-0.1, -0.05) is 19.3 Å². The summed E-state index contributed by atoms with van der Waals surface area (Å²) in [5.74, 6) is -0.134. The Hall–Kier alpha value is -1.91. The molecular weight excluding hydrogens is 266 g/mol. The van der Waals surface area contributed by atoms with Crippen molar-refractivity contribution in [3.05, 3.63) is 24.0 Å². The quantitative estimate of drug-likeness (QED) is 0.894. The minimum Gasteiger partial charge on any atom is -0.344 e. The molecule has 5 nitrogen and oxygen atoms in total. The van der Waals surface area contributed by atoms with E-state index in [1.54, 1.807) is 25.3 Å². The van der Waals surface area contributed by atoms with Gasteiger partial charge in [0.25, 0.3) is 0 Å². The average Bonchev–Trinajstić information content (AvgIpc) is 2.48. The van der Waals surface area contributed by atoms with Crippen LogP contribution in [0.3, 0.4) is 0 Å². The topological polar surface area (TPSA) is 71.1 Å². The molecule has 2 rings (SSSR count). The second kappa shape index (κ2) is 7.20. The van der Waals surface area contributed by atoms with E-state index >= 15 is 0 Å². The van der Waals surface area contributed by atoms with Crippen molar-refractivity contribution in [2.75, 3.05) is 5.32 Å². The van der Waals surface area contributed by atoms with Gasteiger partial charge in [-0.2, -0.15) is 0 Å². The molecule has 114 valence electrons. The summed E-state index contributed by atoms with van der Waals surface area (Å²) in [4.78, 5) is 28.3. The van der Waals surface area contributed by atoms with Gasteiger partial charge < -0.3 is 10.6 Å². The Morgan fingerprint density at radius 1 is 1.29 bits per heavy atom. The maximum absolute atomic E-state index is 12.1. The van der Waals surface area contributed by atoms with Crippen LogP contribution < -0.4 is 10.6 Å². The highest BCUT2D eigenvalue weighted by Crippen LogP contribution is 2.23. The van der Waals surface area contributed by atoms with Gasteiger partial charge in [0.05, 0.1) is 0 Å². The van der Waals surface area contributed by atoms with Gasteiger partial charge in [-0.3, -0.25) is 14.6 Å². The van der Waals surface area contributed by atoms with E-state index in [2.05, 4.69) is 15.6 Å². The summed E-state index contributed by atoms with van der Waals surface area (Å²) in [6.45, 7) is 3.58. The van der Waals surface area contributed by atoms with Gasteiger partial charge in [-0.05, 0) is 38.8 Å². The average molecular weight is 289 g/mol. The number of pyridine rings is 1. The van der Waals surface area contributed by atoms with Crippen LogP contribution >= 0.6 is 0 Å². The van der Waals surface area contributed by atoms with Crippen LogP contribution in [0.5, 0.6) is 0 Å². The SMILES string of the molecule is Cc1cc(NC(=O)C(C)NC(=O)C2CCCCC2)ccn1. The van der Waals surface area contributed by atoms with Gasteiger partial charge in [-0.25, -0.2) is 0 Å². The van der Waals surface area contributed by atoms with Crippen molar-refractivity contribution >= 4 is 17.5 Å². The Bertz CT molecular complexity index is 510. The van der Waals surface area contributed by atoms with E-state index in [4.69, 9.17) is 0 Å². The molecule has 5 heteroatoms. The highest BCUT2D eigenvalue weighted by Gasteiger charge is 2.24. The normalized spacial score (nSPS) is 17.0. The number of carbonyl (C=O) groups is 2. The van der Waals surface area contributed by atoms with Crippen LogP contribution in [0.1, 0.15) is 44.7 Å². The number of hydrogen-bond donors (Lipinski definition) is 2. The van der Waals surface area contributed by atoms with Crippen LogP contribution in [0.25, 0.3) is 0 Å². The summed E-state index contributed by atoms with van der Waals surface area (Å²) in [6.07, 6.45) is 6.94. The van der Waals surface area contributed by atoms with Crippen LogP contribution in [0.4, 0.5) is 5.69 Å². The Kier molecular flexibility index (Phi) is 5.31. The van der Waals surface area contributed by atoms with Crippen molar-refractivity contribution < 1.29 is 9.59 Å². The van der Waals surface area contributed by atoms with Crippen molar-refractivity contribution in [2.45, 2.75) is 52.0 Å². The largest absolute Gasteiger partial charge is 0.344 e. The van der Waals surface area contributed by atoms with Gasteiger partial charge in [-0.15, -0.1) is 0 Å². The van der Waals surface area contributed by atoms with E-state index < -0.39 is 6.04 Å². The highest BCUT2D eigenvalue weighted by atomic mass is 16.2. The first kappa shape index (κ1) is 15.5. The van der Waals surface area contributed by atoms with Crippen LogP contribution in [-0.4, -0.2) is 22.8 Å². The number of anilines is 1. The number of hydrogen-bond acceptors (Lipinski definition) is 3. The van der Waals surface area contributed by atoms with Crippen molar-refractivity contribution in [1.29, 1.82) is 0 Å². The summed E-state index contributed by atoms with van der Waals surface area (Å²) < 4.78 is 0. The smallest absolute Gasteiger partial charge is 0.246 e. The van der Waals surface area contributed by atoms with Crippen molar-refractivity contribution in [1.82, 2.24) is 10.3 Å². The number of amides is 2. The van der Waals surface area contributed by atoms with Gasteiger partial charge in [0.2, 0.25) is 11.8 Å². The molecule has 0 aromatic carbocycles. The Morgan fingerprint density at radius 2 is 2.00 bits per heavy atom. The molecule has 1 atom stereocenters. The third kappa shape index (κ3) is 4.55. The van der Waals surface area contributed by atoms with E-state index in [0.717, 1.165) is 31.4 Å². The zero-order valence-electron chi connectivity index (χ0n) is 12.7. The third-order valence-corrected chi connectivity index (χ3v) is 3.89. The standard InChI is InChI=1S/C16H23N3O2/c1-11-10-14(8-9-17-11)19-15(20)12(2)18-16(21)13-6-4-3-5-7-13/h8-10,12-13H,3-7H2,1-2H3,(H,18,21)(H,17,19,20). The second-order valence-corrected chi connectivity index (χ2v) is 5.74. The van der Waals surface area contributed by atoms with Crippen molar-refractivity contribution in [3.63, 3.8) is 0 Å². The maximum atomic E-state index is 12.1. The first-order valence-corrected chi connectivity index (χ1v) is 7.60. The van der Waals surface area contributed by atoms with E-state index in [9.17, 15) is 9.59 Å². The lowest BCUT2D eigenvalue weighted by atomic mass is 9.88. The molecule has 2 amide bonds. The van der Waals surface area contributed by atoms with Crippen molar-refractivity contribution in [2.24, 2.45) is 5.92 Å². The number of nitrogens with one attached hydrogen (secondary N) is 2. The van der Waals surface area contributed by atoms with Crippen LogP contribution in [0.2, 0.25) is 0 Å². The molecule has 0 saturated heterocycles. The molecule has 1 aliphatic rings. The van der Waals surface area contributed by atoms with Crippen LogP contribution in [0, 0.1) is 12.8 Å². The first-order valence-electron chi connectivity index (χ1n) is 7.60. The summed E-state index contributed by atoms with van der Waals surface area (Å²) in [5.41, 5.74) is 1.54. The fraction of sp³-hybridized carbons (Fsp3) is 0.562. The lowest BCUT2D eigenvalue weighted by molar-refractivity contribution is -0.129. The summed E-state index contributed by atoms with van der Waals surface area (Å²) >= 11 is 0. The molecular formula is C16H23N3O2. The molecule has 1 unspecified atom stereocenters. The molecule has 0 spiro atoms. The van der Waals surface area contributed by atoms with Crippen LogP contribution in [0.15, 0.2) is 18.3 Å². The lowest BCUT2D eigenvalue weighted by Gasteiger charge is -2.23. The van der Waals surface area contributed by atoms with Gasteiger partial charge in [0, 0.05) is 23.5 Å². The molecule has 1 fully saturated rings. The molecule has 1 aromatic heterocycles. The minimum absolute atomic E-state index is 0.00302. The number of rotatable bonds is 4. The van der Waals surface area contributed by atoms with Gasteiger partial charge >= 0.3 is 0 Å². The maximum Gasteiger partial charge on any atom is 0.246 e. The minimum atomic E-state index is -0.534. The van der Waals surface area contributed by atoms with E-state index in [1.807, 2.05) is 6.92 Å². The third-order valence-electron chi connectivity index (χ3n) is 3.89. The molecule has 0 aliphatic heterocycles. The fourth-order valence-corrected chi connectivity index (χ4v) is 2.64. The van der Waals surface area contributed by atoms with E-state index in [-0.39, 0.29) is 17.7 Å². The fourth-order valence-electron chi connectivity index (χ4n) is 2.64. The Balaban J connectivity index is 1.85. The molecule has 1 aliphatic carbocycles. The molecule has 0 bridgehead atoms. The zero-order valence-corrected chi connectivity index (χ0v) is 12.7. The predicted octanol–water partition coefficient (Wildman–Crippen LogP) is 2.41. The summed E-state index contributed by atoms with van der Waals surface area (Å²) in [5, 5.41) is 5.61. The predicted molar refractivity (Wildman–Crippen MR) is 81.8 cm³/mol. The van der Waals surface area contributed by atoms with Crippen molar-refractivity contribution in [3.8, 4) is 0 Å². The molecule has 0 radical (unpaired) electrons. The second-order valence-electron chi connectivity index (χ2n) is 5.74. The Morgan fingerprint density at radius 3 is 2.67 bits per heavy atom. The van der Waals surface area contributed by atoms with Gasteiger partial charge in [0.1, 0.15) is 6.04 Å². The summed E-state index contributed by atoms with van der Waals surface area (Å²) in [7, 11) is 0. The number of carbonyl (C=O) groups excluding carboxylic acids is 2. The molecule has 2 N–H and O–H groups in total. The zero-order chi connectivity index (χ0) is 15.2. The molecule has 1 saturated carbocycles. The molecule has 1 heterocycles. The van der Waals surface area contributed by atoms with Crippen LogP contribution in [-0.2, 0) is 9.59 Å². The monoisotopic (exact) mass is 289 g/mol. The summed E-state index contributed by atoms with van der Waals surface area (Å²) in [6, 6.07) is 3.00. The number of aromatic nitrogens is 1. The highest BCUT2D eigenvalue weighted by molar-refractivity contribution is 5.97. The van der Waals surface area contributed by atoms with E-state index in [0.29, 0.717) is 5.69 Å². The van der Waals surface area contributed by atoms with Gasteiger partial charge in [0.15, 0.2) is 0 Å². The van der Waals surface area contributed by atoms with E-state index in [1.165, 1.54) is 6.42 Å². The first-order chi connectivity index (χ1) is 10.1. The lowest BCUT2D eigenvalue weighted by Crippen LogP contribution is -2.44. The Labute approximate surface area is 125 Å².